The molecule has 7 heteroatoms. The average Bonchev–Trinajstić information content (AvgIpc) is 2.61. The summed E-state index contributed by atoms with van der Waals surface area (Å²) < 4.78 is 0. The lowest BCUT2D eigenvalue weighted by Gasteiger charge is -2.42. The fourth-order valence-electron chi connectivity index (χ4n) is 3.21. The molecule has 7 nitrogen and oxygen atoms in total. The molecule has 0 radical (unpaired) electrons. The number of amides is 1. The highest BCUT2D eigenvalue weighted by molar-refractivity contribution is 5.92. The Kier molecular flexibility index (Phi) is 4.73. The second-order valence-corrected chi connectivity index (χ2v) is 6.65. The number of rotatable bonds is 4. The Morgan fingerprint density at radius 1 is 1.25 bits per heavy atom. The Morgan fingerprint density at radius 3 is 2.54 bits per heavy atom. The highest BCUT2D eigenvalue weighted by atomic mass is 16.3. The van der Waals surface area contributed by atoms with Crippen LogP contribution in [0, 0.1) is 0 Å². The molecule has 2 N–H and O–H groups in total. The SMILES string of the molecule is CC(C)NC1(CO)CCN(C(=O)c2nnc3ccccc3n2)CC1. The topological polar surface area (TPSA) is 91.2 Å². The van der Waals surface area contributed by atoms with Gasteiger partial charge in [-0.1, -0.05) is 26.0 Å². The zero-order valence-electron chi connectivity index (χ0n) is 14.1. The molecule has 1 amide bonds. The van der Waals surface area contributed by atoms with Crippen molar-refractivity contribution in [2.75, 3.05) is 19.7 Å². The van der Waals surface area contributed by atoms with Gasteiger partial charge in [0.25, 0.3) is 5.91 Å². The second-order valence-electron chi connectivity index (χ2n) is 6.65. The summed E-state index contributed by atoms with van der Waals surface area (Å²) >= 11 is 0. The predicted octanol–water partition coefficient (Wildman–Crippen LogP) is 0.990. The lowest BCUT2D eigenvalue weighted by molar-refractivity contribution is 0.0500. The summed E-state index contributed by atoms with van der Waals surface area (Å²) in [5.41, 5.74) is 1.03. The van der Waals surface area contributed by atoms with Crippen molar-refractivity contribution >= 4 is 16.9 Å². The van der Waals surface area contributed by atoms with Gasteiger partial charge in [0, 0.05) is 24.7 Å². The maximum atomic E-state index is 12.6. The summed E-state index contributed by atoms with van der Waals surface area (Å²) in [5.74, 6) is -0.0774. The molecule has 2 aromatic rings. The Hall–Kier alpha value is -2.12. The number of hydrogen-bond acceptors (Lipinski definition) is 6. The molecule has 1 aromatic heterocycles. The van der Waals surface area contributed by atoms with E-state index in [1.54, 1.807) is 4.90 Å². The number of aromatic nitrogens is 3. The van der Waals surface area contributed by atoms with Crippen LogP contribution < -0.4 is 5.32 Å². The number of para-hydroxylation sites is 1. The van der Waals surface area contributed by atoms with Gasteiger partial charge in [-0.05, 0) is 25.0 Å². The van der Waals surface area contributed by atoms with E-state index in [1.807, 2.05) is 24.3 Å². The van der Waals surface area contributed by atoms with E-state index < -0.39 is 0 Å². The molecular weight excluding hydrogens is 306 g/mol. The van der Waals surface area contributed by atoms with Crippen LogP contribution in [0.4, 0.5) is 0 Å². The van der Waals surface area contributed by atoms with E-state index in [4.69, 9.17) is 0 Å². The quantitative estimate of drug-likeness (QED) is 0.869. The first-order valence-electron chi connectivity index (χ1n) is 8.30. The normalized spacial score (nSPS) is 17.4. The number of piperidine rings is 1. The molecule has 1 aromatic carbocycles. The van der Waals surface area contributed by atoms with E-state index >= 15 is 0 Å². The van der Waals surface area contributed by atoms with E-state index in [0.29, 0.717) is 37.0 Å². The number of carbonyl (C=O) groups is 1. The standard InChI is InChI=1S/C17H23N5O2/c1-12(2)19-17(11-23)7-9-22(10-8-17)16(24)15-18-13-5-3-4-6-14(13)20-21-15/h3-6,12,19,23H,7-11H2,1-2H3. The highest BCUT2D eigenvalue weighted by Crippen LogP contribution is 2.23. The molecule has 1 aliphatic rings. The summed E-state index contributed by atoms with van der Waals surface area (Å²) in [4.78, 5) is 18.7. The zero-order valence-corrected chi connectivity index (χ0v) is 14.1. The van der Waals surface area contributed by atoms with Crippen molar-refractivity contribution in [2.24, 2.45) is 0 Å². The molecule has 1 fully saturated rings. The summed E-state index contributed by atoms with van der Waals surface area (Å²) in [7, 11) is 0. The molecule has 24 heavy (non-hydrogen) atoms. The van der Waals surface area contributed by atoms with Gasteiger partial charge in [-0.15, -0.1) is 10.2 Å². The molecule has 0 unspecified atom stereocenters. The minimum Gasteiger partial charge on any atom is -0.394 e. The van der Waals surface area contributed by atoms with Gasteiger partial charge in [0.1, 0.15) is 5.52 Å². The predicted molar refractivity (Wildman–Crippen MR) is 90.6 cm³/mol. The van der Waals surface area contributed by atoms with E-state index in [1.165, 1.54) is 0 Å². The molecule has 128 valence electrons. The fraction of sp³-hybridized carbons (Fsp3) is 0.529. The lowest BCUT2D eigenvalue weighted by Crippen LogP contribution is -2.58. The van der Waals surface area contributed by atoms with Crippen LogP contribution in [-0.4, -0.2) is 62.4 Å². The van der Waals surface area contributed by atoms with Crippen molar-refractivity contribution in [1.29, 1.82) is 0 Å². The third-order valence-electron chi connectivity index (χ3n) is 4.46. The van der Waals surface area contributed by atoms with E-state index in [9.17, 15) is 9.90 Å². The van der Waals surface area contributed by atoms with Gasteiger partial charge < -0.3 is 15.3 Å². The van der Waals surface area contributed by atoms with Crippen LogP contribution in [-0.2, 0) is 0 Å². The minimum absolute atomic E-state index is 0.0707. The molecule has 0 atom stereocenters. The Morgan fingerprint density at radius 2 is 1.92 bits per heavy atom. The average molecular weight is 329 g/mol. The monoisotopic (exact) mass is 329 g/mol. The minimum atomic E-state index is -0.312. The summed E-state index contributed by atoms with van der Waals surface area (Å²) in [6, 6.07) is 7.64. The molecule has 0 saturated carbocycles. The molecule has 0 spiro atoms. The van der Waals surface area contributed by atoms with Gasteiger partial charge in [0.05, 0.1) is 12.1 Å². The van der Waals surface area contributed by atoms with Crippen LogP contribution in [0.2, 0.25) is 0 Å². The molecule has 0 bridgehead atoms. The zero-order chi connectivity index (χ0) is 17.2. The van der Waals surface area contributed by atoms with Gasteiger partial charge in [-0.3, -0.25) is 4.79 Å². The van der Waals surface area contributed by atoms with Crippen molar-refractivity contribution < 1.29 is 9.90 Å². The number of nitrogens with zero attached hydrogens (tertiary/aromatic N) is 4. The summed E-state index contributed by atoms with van der Waals surface area (Å²) in [6.07, 6.45) is 1.41. The summed E-state index contributed by atoms with van der Waals surface area (Å²) in [6.45, 7) is 5.32. The second kappa shape index (κ2) is 6.78. The first kappa shape index (κ1) is 16.7. The van der Waals surface area contributed by atoms with Crippen molar-refractivity contribution in [3.8, 4) is 0 Å². The van der Waals surface area contributed by atoms with Crippen LogP contribution in [0.25, 0.3) is 11.0 Å². The molecule has 3 rings (SSSR count). The summed E-state index contributed by atoms with van der Waals surface area (Å²) in [5, 5.41) is 21.2. The van der Waals surface area contributed by atoms with Crippen LogP contribution in [0.1, 0.15) is 37.3 Å². The van der Waals surface area contributed by atoms with Crippen LogP contribution in [0.3, 0.4) is 0 Å². The Bertz CT molecular complexity index is 726. The first-order chi connectivity index (χ1) is 11.5. The smallest absolute Gasteiger partial charge is 0.293 e. The number of carbonyl (C=O) groups excluding carboxylic acids is 1. The fourth-order valence-corrected chi connectivity index (χ4v) is 3.21. The largest absolute Gasteiger partial charge is 0.394 e. The van der Waals surface area contributed by atoms with E-state index in [-0.39, 0.29) is 29.9 Å². The first-order valence-corrected chi connectivity index (χ1v) is 8.30. The van der Waals surface area contributed by atoms with Crippen molar-refractivity contribution in [2.45, 2.75) is 38.3 Å². The maximum absolute atomic E-state index is 12.6. The van der Waals surface area contributed by atoms with E-state index in [0.717, 1.165) is 0 Å². The van der Waals surface area contributed by atoms with Gasteiger partial charge in [0.15, 0.2) is 0 Å². The maximum Gasteiger partial charge on any atom is 0.293 e. The number of aliphatic hydroxyl groups excluding tert-OH is 1. The Labute approximate surface area is 141 Å². The van der Waals surface area contributed by atoms with Crippen molar-refractivity contribution in [3.05, 3.63) is 30.1 Å². The third kappa shape index (κ3) is 3.37. The highest BCUT2D eigenvalue weighted by Gasteiger charge is 2.36. The number of likely N-dealkylation sites (tertiary alicyclic amines) is 1. The molecular formula is C17H23N5O2. The number of fused-ring (bicyclic) bond motifs is 1. The lowest BCUT2D eigenvalue weighted by atomic mass is 9.87. The van der Waals surface area contributed by atoms with Crippen LogP contribution >= 0.6 is 0 Å². The van der Waals surface area contributed by atoms with Crippen LogP contribution in [0.5, 0.6) is 0 Å². The van der Waals surface area contributed by atoms with Crippen molar-refractivity contribution in [1.82, 2.24) is 25.4 Å². The molecule has 1 saturated heterocycles. The van der Waals surface area contributed by atoms with Gasteiger partial charge in [0.2, 0.25) is 5.82 Å². The molecule has 2 heterocycles. The van der Waals surface area contributed by atoms with Crippen molar-refractivity contribution in [3.63, 3.8) is 0 Å². The Balaban J connectivity index is 1.72. The van der Waals surface area contributed by atoms with Gasteiger partial charge >= 0.3 is 0 Å². The van der Waals surface area contributed by atoms with Gasteiger partial charge in [-0.2, -0.15) is 0 Å². The third-order valence-corrected chi connectivity index (χ3v) is 4.46. The number of nitrogens with one attached hydrogen (secondary N) is 1. The number of benzene rings is 1. The number of hydrogen-bond donors (Lipinski definition) is 2. The number of aliphatic hydroxyl groups is 1. The van der Waals surface area contributed by atoms with Gasteiger partial charge in [-0.25, -0.2) is 4.98 Å². The van der Waals surface area contributed by atoms with E-state index in [2.05, 4.69) is 34.3 Å². The molecule has 1 aliphatic heterocycles. The molecule has 0 aliphatic carbocycles. The van der Waals surface area contributed by atoms with Crippen LogP contribution in [0.15, 0.2) is 24.3 Å².